The lowest BCUT2D eigenvalue weighted by Gasteiger charge is -2.17. The molecular weight excluding hydrogens is 633 g/mol. The molecule has 0 saturated carbocycles. The molecule has 4 heteroatoms. The summed E-state index contributed by atoms with van der Waals surface area (Å²) >= 11 is 0. The van der Waals surface area contributed by atoms with Crippen molar-refractivity contribution in [2.45, 2.75) is 12.8 Å². The van der Waals surface area contributed by atoms with E-state index in [1.54, 1.807) is 0 Å². The molecule has 0 unspecified atom stereocenters. The highest BCUT2D eigenvalue weighted by Crippen LogP contribution is 2.49. The first kappa shape index (κ1) is 29.0. The number of fused-ring (bicyclic) bond motifs is 12. The molecule has 7 aromatic carbocycles. The van der Waals surface area contributed by atoms with Crippen LogP contribution in [-0.4, -0.2) is 19.1 Å². The van der Waals surface area contributed by atoms with Gasteiger partial charge < -0.3 is 9.13 Å². The van der Waals surface area contributed by atoms with Crippen LogP contribution in [-0.2, 0) is 0 Å². The van der Waals surface area contributed by atoms with E-state index in [-0.39, 0.29) is 0 Å². The summed E-state index contributed by atoms with van der Waals surface area (Å²) in [6.45, 7) is 0. The van der Waals surface area contributed by atoms with E-state index in [9.17, 15) is 0 Å². The van der Waals surface area contributed by atoms with E-state index in [4.69, 9.17) is 9.97 Å². The fraction of sp³-hybridized carbons (Fsp3) is 0.0417. The Bertz CT molecular complexity index is 3110. The van der Waals surface area contributed by atoms with Crippen molar-refractivity contribution < 1.29 is 0 Å². The molecular formula is C48H32N4. The van der Waals surface area contributed by atoms with Gasteiger partial charge in [0.05, 0.1) is 39.6 Å². The molecule has 0 aliphatic heterocycles. The lowest BCUT2D eigenvalue weighted by molar-refractivity contribution is 0.982. The smallest absolute Gasteiger partial charge is 0.159 e. The predicted molar refractivity (Wildman–Crippen MR) is 218 cm³/mol. The molecule has 0 saturated heterocycles. The van der Waals surface area contributed by atoms with E-state index in [2.05, 4.69) is 155 Å². The molecule has 4 nitrogen and oxygen atoms in total. The van der Waals surface area contributed by atoms with Crippen molar-refractivity contribution in [3.63, 3.8) is 0 Å². The summed E-state index contributed by atoms with van der Waals surface area (Å²) in [7, 11) is 0. The van der Waals surface area contributed by atoms with E-state index in [1.807, 2.05) is 24.4 Å². The van der Waals surface area contributed by atoms with Gasteiger partial charge in [0, 0.05) is 54.5 Å². The molecule has 0 bridgehead atoms. The minimum atomic E-state index is 0.709. The van der Waals surface area contributed by atoms with Crippen molar-refractivity contribution in [2.24, 2.45) is 0 Å². The zero-order chi connectivity index (χ0) is 34.2. The number of rotatable bonds is 4. The number of hydrogen-bond acceptors (Lipinski definition) is 2. The van der Waals surface area contributed by atoms with E-state index in [0.717, 1.165) is 40.9 Å². The van der Waals surface area contributed by atoms with E-state index in [0.29, 0.717) is 5.82 Å². The third-order valence-electron chi connectivity index (χ3n) is 10.8. The van der Waals surface area contributed by atoms with Crippen LogP contribution in [0.5, 0.6) is 0 Å². The van der Waals surface area contributed by atoms with Gasteiger partial charge in [-0.25, -0.2) is 9.97 Å². The van der Waals surface area contributed by atoms with E-state index in [1.165, 1.54) is 65.3 Å². The molecule has 244 valence electrons. The van der Waals surface area contributed by atoms with Crippen LogP contribution in [0.2, 0.25) is 0 Å². The fourth-order valence-electron chi connectivity index (χ4n) is 8.59. The monoisotopic (exact) mass is 664 g/mol. The highest BCUT2D eigenvalue weighted by Gasteiger charge is 2.27. The highest BCUT2D eigenvalue weighted by atomic mass is 15.0. The van der Waals surface area contributed by atoms with Crippen LogP contribution in [0.25, 0.3) is 99.2 Å². The van der Waals surface area contributed by atoms with E-state index >= 15 is 0 Å². The molecule has 10 aromatic rings. The van der Waals surface area contributed by atoms with Gasteiger partial charge in [0.15, 0.2) is 5.82 Å². The molecule has 52 heavy (non-hydrogen) atoms. The SMILES string of the molecule is C1=CCCC(n2c3c4ccccc4ccc3c3c4c5ccccc5n(-c5cnc(-c6ccccc6)nc5-c5ccccc5)c4c4ccccc4c32)=C1. The molecule has 0 amide bonds. The quantitative estimate of drug-likeness (QED) is 0.188. The lowest BCUT2D eigenvalue weighted by atomic mass is 9.98. The van der Waals surface area contributed by atoms with Gasteiger partial charge in [0.1, 0.15) is 0 Å². The molecule has 0 radical (unpaired) electrons. The van der Waals surface area contributed by atoms with Gasteiger partial charge in [-0.05, 0) is 30.4 Å². The second-order valence-corrected chi connectivity index (χ2v) is 13.6. The minimum absolute atomic E-state index is 0.709. The molecule has 1 aliphatic carbocycles. The molecule has 0 fully saturated rings. The largest absolute Gasteiger partial charge is 0.312 e. The first-order valence-corrected chi connectivity index (χ1v) is 18.0. The zero-order valence-corrected chi connectivity index (χ0v) is 28.4. The molecule has 11 rings (SSSR count). The Morgan fingerprint density at radius 1 is 0.500 bits per heavy atom. The summed E-state index contributed by atoms with van der Waals surface area (Å²) in [5, 5.41) is 9.96. The number of aromatic nitrogens is 4. The first-order valence-electron chi connectivity index (χ1n) is 18.0. The van der Waals surface area contributed by atoms with Crippen LogP contribution >= 0.6 is 0 Å². The Morgan fingerprint density at radius 2 is 1.13 bits per heavy atom. The Kier molecular flexibility index (Phi) is 6.34. The van der Waals surface area contributed by atoms with Gasteiger partial charge in [-0.1, -0.05) is 152 Å². The maximum absolute atomic E-state index is 5.32. The van der Waals surface area contributed by atoms with Crippen molar-refractivity contribution in [1.82, 2.24) is 19.1 Å². The maximum Gasteiger partial charge on any atom is 0.159 e. The minimum Gasteiger partial charge on any atom is -0.312 e. The van der Waals surface area contributed by atoms with Gasteiger partial charge in [0.25, 0.3) is 0 Å². The second kappa shape index (κ2) is 11.4. The number of benzene rings is 7. The van der Waals surface area contributed by atoms with Crippen LogP contribution in [0.3, 0.4) is 0 Å². The van der Waals surface area contributed by atoms with Crippen molar-refractivity contribution in [2.75, 3.05) is 0 Å². The van der Waals surface area contributed by atoms with Crippen molar-refractivity contribution >= 4 is 70.9 Å². The van der Waals surface area contributed by atoms with Crippen LogP contribution in [0, 0.1) is 0 Å². The normalized spacial score (nSPS) is 13.3. The third-order valence-corrected chi connectivity index (χ3v) is 10.8. The standard InChI is InChI=1S/C48H32N4/c1-4-17-32(18-5-1)44-41(30-49-48(50-44)33-19-6-2-7-20-33)52-40-27-15-14-26-38(40)42-43-39-29-28-31-16-10-11-23-35(31)45(39)51(34-21-8-3-9-22-34)46(43)36-24-12-13-25-37(36)47(42)52/h1-8,10-21,23-30H,9,22H2. The predicted octanol–water partition coefficient (Wildman–Crippen LogP) is 12.5. The van der Waals surface area contributed by atoms with Gasteiger partial charge in [0.2, 0.25) is 0 Å². The first-order chi connectivity index (χ1) is 25.8. The molecule has 0 spiro atoms. The van der Waals surface area contributed by atoms with Crippen LogP contribution < -0.4 is 0 Å². The fourth-order valence-corrected chi connectivity index (χ4v) is 8.59. The summed E-state index contributed by atoms with van der Waals surface area (Å²) < 4.78 is 5.01. The Hall–Kier alpha value is -6.78. The Labute approximate surface area is 300 Å². The summed E-state index contributed by atoms with van der Waals surface area (Å²) in [5.41, 5.74) is 10.0. The average molecular weight is 665 g/mol. The second-order valence-electron chi connectivity index (χ2n) is 13.6. The molecule has 3 aromatic heterocycles. The van der Waals surface area contributed by atoms with Crippen LogP contribution in [0.4, 0.5) is 0 Å². The van der Waals surface area contributed by atoms with Crippen LogP contribution in [0.15, 0.2) is 170 Å². The van der Waals surface area contributed by atoms with Gasteiger partial charge in [-0.15, -0.1) is 0 Å². The molecule has 0 atom stereocenters. The number of allylic oxidation sites excluding steroid dienone is 4. The van der Waals surface area contributed by atoms with Crippen molar-refractivity contribution in [3.8, 4) is 28.3 Å². The van der Waals surface area contributed by atoms with Gasteiger partial charge >= 0.3 is 0 Å². The Balaban J connectivity index is 1.37. The number of hydrogen-bond donors (Lipinski definition) is 0. The maximum atomic E-state index is 5.32. The molecule has 1 aliphatic rings. The lowest BCUT2D eigenvalue weighted by Crippen LogP contribution is -2.03. The van der Waals surface area contributed by atoms with E-state index < -0.39 is 0 Å². The van der Waals surface area contributed by atoms with Crippen molar-refractivity contribution in [3.05, 3.63) is 170 Å². The zero-order valence-electron chi connectivity index (χ0n) is 28.4. The van der Waals surface area contributed by atoms with Gasteiger partial charge in [-0.3, -0.25) is 0 Å². The summed E-state index contributed by atoms with van der Waals surface area (Å²) in [4.78, 5) is 10.4. The number of para-hydroxylation sites is 1. The summed E-state index contributed by atoms with van der Waals surface area (Å²) in [6.07, 6.45) is 10.8. The van der Waals surface area contributed by atoms with Crippen molar-refractivity contribution in [1.29, 1.82) is 0 Å². The topological polar surface area (TPSA) is 35.6 Å². The van der Waals surface area contributed by atoms with Gasteiger partial charge in [-0.2, -0.15) is 0 Å². The highest BCUT2D eigenvalue weighted by molar-refractivity contribution is 6.39. The molecule has 0 N–H and O–H groups in total. The summed E-state index contributed by atoms with van der Waals surface area (Å²) in [6, 6.07) is 52.1. The van der Waals surface area contributed by atoms with Crippen LogP contribution in [0.1, 0.15) is 12.8 Å². The molecule has 3 heterocycles. The summed E-state index contributed by atoms with van der Waals surface area (Å²) in [5.74, 6) is 0.709. The average Bonchev–Trinajstić information content (AvgIpc) is 3.76. The third kappa shape index (κ3) is 4.15. The number of nitrogens with zero attached hydrogens (tertiary/aromatic N) is 4. The Morgan fingerprint density at radius 3 is 1.88 bits per heavy atom.